The quantitative estimate of drug-likeness (QED) is 0.809. The molecule has 0 atom stereocenters. The number of halogens is 1. The van der Waals surface area contributed by atoms with Crippen LogP contribution in [0, 0.1) is 0 Å². The Bertz CT molecular complexity index is 460. The highest BCUT2D eigenvalue weighted by molar-refractivity contribution is 9.10. The van der Waals surface area contributed by atoms with Gasteiger partial charge in [-0.15, -0.1) is 0 Å². The van der Waals surface area contributed by atoms with Crippen LogP contribution in [0.3, 0.4) is 0 Å². The molecule has 0 radical (unpaired) electrons. The molecule has 0 amide bonds. The second-order valence-electron chi connectivity index (χ2n) is 3.18. The van der Waals surface area contributed by atoms with E-state index in [0.29, 0.717) is 0 Å². The molecule has 0 aliphatic rings. The Kier molecular flexibility index (Phi) is 3.41. The van der Waals surface area contributed by atoms with Crippen molar-refractivity contribution in [2.45, 2.75) is 6.61 Å². The van der Waals surface area contributed by atoms with Gasteiger partial charge in [-0.2, -0.15) is 0 Å². The number of furan rings is 1. The zero-order chi connectivity index (χ0) is 11.4. The first-order valence-electron chi connectivity index (χ1n) is 4.71. The van der Waals surface area contributed by atoms with Gasteiger partial charge in [0.1, 0.15) is 6.61 Å². The summed E-state index contributed by atoms with van der Waals surface area (Å²) in [5, 5.41) is 0. The van der Waals surface area contributed by atoms with Crippen LogP contribution in [0.4, 0.5) is 0 Å². The van der Waals surface area contributed by atoms with Crippen LogP contribution in [0.5, 0.6) is 0 Å². The normalized spacial score (nSPS) is 10.1. The monoisotopic (exact) mass is 280 g/mol. The van der Waals surface area contributed by atoms with E-state index in [2.05, 4.69) is 15.9 Å². The molecule has 2 aromatic rings. The zero-order valence-corrected chi connectivity index (χ0v) is 9.94. The molecule has 82 valence electrons. The molecule has 1 heterocycles. The fraction of sp³-hybridized carbons (Fsp3) is 0.0833. The van der Waals surface area contributed by atoms with Gasteiger partial charge in [0.25, 0.3) is 0 Å². The molecule has 0 saturated carbocycles. The molecule has 1 aromatic carbocycles. The third kappa shape index (κ3) is 2.73. The maximum absolute atomic E-state index is 11.4. The maximum atomic E-state index is 11.4. The van der Waals surface area contributed by atoms with Crippen molar-refractivity contribution >= 4 is 21.9 Å². The summed E-state index contributed by atoms with van der Waals surface area (Å²) in [7, 11) is 0. The van der Waals surface area contributed by atoms with Crippen LogP contribution in [0.2, 0.25) is 0 Å². The minimum atomic E-state index is -0.451. The molecule has 0 bridgehead atoms. The number of carbonyl (C=O) groups is 1. The highest BCUT2D eigenvalue weighted by Gasteiger charge is 2.09. The molecule has 1 aromatic heterocycles. The average Bonchev–Trinajstić information content (AvgIpc) is 2.81. The fourth-order valence-electron chi connectivity index (χ4n) is 1.20. The first kappa shape index (κ1) is 11.0. The van der Waals surface area contributed by atoms with E-state index in [4.69, 9.17) is 9.15 Å². The van der Waals surface area contributed by atoms with E-state index in [0.717, 1.165) is 10.0 Å². The highest BCUT2D eigenvalue weighted by atomic mass is 79.9. The van der Waals surface area contributed by atoms with Crippen LogP contribution in [0.1, 0.15) is 16.1 Å². The molecule has 0 fully saturated rings. The first-order valence-corrected chi connectivity index (χ1v) is 5.50. The lowest BCUT2D eigenvalue weighted by molar-refractivity contribution is 0.0436. The minimum Gasteiger partial charge on any atom is -0.457 e. The summed E-state index contributed by atoms with van der Waals surface area (Å²) in [5.74, 6) is -0.231. The van der Waals surface area contributed by atoms with E-state index in [1.54, 1.807) is 12.1 Å². The van der Waals surface area contributed by atoms with Gasteiger partial charge in [0.05, 0.1) is 6.26 Å². The van der Waals surface area contributed by atoms with E-state index in [-0.39, 0.29) is 12.4 Å². The standard InChI is InChI=1S/C12H9BrO3/c13-10-5-3-9(4-6-10)8-16-12(14)11-2-1-7-15-11/h1-7H,8H2. The first-order chi connectivity index (χ1) is 7.75. The Balaban J connectivity index is 1.93. The number of hydrogen-bond acceptors (Lipinski definition) is 3. The predicted molar refractivity (Wildman–Crippen MR) is 62.0 cm³/mol. The smallest absolute Gasteiger partial charge is 0.374 e. The lowest BCUT2D eigenvalue weighted by Gasteiger charge is -2.02. The van der Waals surface area contributed by atoms with Crippen LogP contribution in [-0.4, -0.2) is 5.97 Å². The molecule has 0 aliphatic heterocycles. The number of carbonyl (C=O) groups excluding carboxylic acids is 1. The van der Waals surface area contributed by atoms with Gasteiger partial charge >= 0.3 is 5.97 Å². The molecular weight excluding hydrogens is 272 g/mol. The number of hydrogen-bond donors (Lipinski definition) is 0. The Morgan fingerprint density at radius 1 is 1.25 bits per heavy atom. The highest BCUT2D eigenvalue weighted by Crippen LogP contribution is 2.12. The molecular formula is C12H9BrO3. The predicted octanol–water partition coefficient (Wildman–Crippen LogP) is 3.40. The van der Waals surface area contributed by atoms with Crippen molar-refractivity contribution in [3.8, 4) is 0 Å². The Labute approximate surface area is 101 Å². The summed E-state index contributed by atoms with van der Waals surface area (Å²) >= 11 is 3.33. The third-order valence-electron chi connectivity index (χ3n) is 2.01. The lowest BCUT2D eigenvalue weighted by atomic mass is 10.2. The summed E-state index contributed by atoms with van der Waals surface area (Å²) in [6, 6.07) is 10.8. The topological polar surface area (TPSA) is 39.4 Å². The summed E-state index contributed by atoms with van der Waals surface area (Å²) < 4.78 is 11.0. The van der Waals surface area contributed by atoms with Crippen molar-refractivity contribution in [3.05, 3.63) is 58.5 Å². The van der Waals surface area contributed by atoms with Crippen LogP contribution >= 0.6 is 15.9 Å². The van der Waals surface area contributed by atoms with Gasteiger partial charge in [0.15, 0.2) is 0 Å². The molecule has 0 unspecified atom stereocenters. The van der Waals surface area contributed by atoms with Gasteiger partial charge in [-0.3, -0.25) is 0 Å². The van der Waals surface area contributed by atoms with E-state index in [1.807, 2.05) is 24.3 Å². The maximum Gasteiger partial charge on any atom is 0.374 e. The largest absolute Gasteiger partial charge is 0.457 e. The van der Waals surface area contributed by atoms with E-state index in [9.17, 15) is 4.79 Å². The van der Waals surface area contributed by atoms with Crippen molar-refractivity contribution in [2.24, 2.45) is 0 Å². The minimum absolute atomic E-state index is 0.220. The number of esters is 1. The Morgan fingerprint density at radius 2 is 2.00 bits per heavy atom. The Morgan fingerprint density at radius 3 is 2.62 bits per heavy atom. The van der Waals surface area contributed by atoms with Crippen LogP contribution < -0.4 is 0 Å². The molecule has 2 rings (SSSR count). The molecule has 0 aliphatic carbocycles. The van der Waals surface area contributed by atoms with E-state index < -0.39 is 5.97 Å². The van der Waals surface area contributed by atoms with Crippen molar-refractivity contribution < 1.29 is 13.9 Å². The second kappa shape index (κ2) is 4.99. The Hall–Kier alpha value is -1.55. The summed E-state index contributed by atoms with van der Waals surface area (Å²) in [4.78, 5) is 11.4. The van der Waals surface area contributed by atoms with Crippen LogP contribution in [0.15, 0.2) is 51.6 Å². The van der Waals surface area contributed by atoms with Gasteiger partial charge < -0.3 is 9.15 Å². The molecule has 0 spiro atoms. The van der Waals surface area contributed by atoms with Gasteiger partial charge in [-0.05, 0) is 29.8 Å². The van der Waals surface area contributed by atoms with Crippen LogP contribution in [-0.2, 0) is 11.3 Å². The van der Waals surface area contributed by atoms with Gasteiger partial charge in [-0.25, -0.2) is 4.79 Å². The lowest BCUT2D eigenvalue weighted by Crippen LogP contribution is -2.03. The third-order valence-corrected chi connectivity index (χ3v) is 2.53. The molecule has 16 heavy (non-hydrogen) atoms. The van der Waals surface area contributed by atoms with Gasteiger partial charge in [0.2, 0.25) is 5.76 Å². The summed E-state index contributed by atoms with van der Waals surface area (Å²) in [6.45, 7) is 0.243. The number of rotatable bonds is 3. The SMILES string of the molecule is O=C(OCc1ccc(Br)cc1)c1ccco1. The number of benzene rings is 1. The summed E-state index contributed by atoms with van der Waals surface area (Å²) in [6.07, 6.45) is 1.44. The van der Waals surface area contributed by atoms with Crippen molar-refractivity contribution in [3.63, 3.8) is 0 Å². The zero-order valence-electron chi connectivity index (χ0n) is 8.35. The fourth-order valence-corrected chi connectivity index (χ4v) is 1.46. The van der Waals surface area contributed by atoms with E-state index in [1.165, 1.54) is 6.26 Å². The van der Waals surface area contributed by atoms with Crippen molar-refractivity contribution in [1.29, 1.82) is 0 Å². The molecule has 0 N–H and O–H groups in total. The average molecular weight is 281 g/mol. The molecule has 3 nitrogen and oxygen atoms in total. The number of ether oxygens (including phenoxy) is 1. The van der Waals surface area contributed by atoms with Gasteiger partial charge in [-0.1, -0.05) is 28.1 Å². The van der Waals surface area contributed by atoms with Crippen molar-refractivity contribution in [2.75, 3.05) is 0 Å². The van der Waals surface area contributed by atoms with Gasteiger partial charge in [0, 0.05) is 4.47 Å². The second-order valence-corrected chi connectivity index (χ2v) is 4.10. The van der Waals surface area contributed by atoms with Crippen LogP contribution in [0.25, 0.3) is 0 Å². The molecule has 0 saturated heterocycles. The van der Waals surface area contributed by atoms with Crippen molar-refractivity contribution in [1.82, 2.24) is 0 Å². The van der Waals surface area contributed by atoms with E-state index >= 15 is 0 Å². The molecule has 4 heteroatoms. The summed E-state index contributed by atoms with van der Waals surface area (Å²) in [5.41, 5.74) is 0.933.